The molecule has 0 saturated heterocycles. The van der Waals surface area contributed by atoms with Crippen molar-refractivity contribution < 1.29 is 13.0 Å². The molecule has 9 heavy (non-hydrogen) atoms. The number of ether oxygens (including phenoxy) is 1. The van der Waals surface area contributed by atoms with Crippen LogP contribution in [0.4, 0.5) is 0 Å². The molecule has 0 aliphatic carbocycles. The van der Waals surface area contributed by atoms with Gasteiger partial charge < -0.3 is 4.74 Å². The summed E-state index contributed by atoms with van der Waals surface area (Å²) >= 11 is 3.63. The average Bonchev–Trinajstić information content (AvgIpc) is 2.25. The molecule has 4 heteroatoms. The summed E-state index contributed by atoms with van der Waals surface area (Å²) in [5.74, 6) is 0. The van der Waals surface area contributed by atoms with Gasteiger partial charge in [0.05, 0.1) is 11.2 Å². The Bertz CT molecular complexity index is 357. The molecular formula is C5H6BrNOS. The van der Waals surface area contributed by atoms with Crippen molar-refractivity contribution in [1.29, 1.82) is 0 Å². The smallest absolute Gasteiger partial charge is 0.274 e. The van der Waals surface area contributed by atoms with E-state index in [4.69, 9.17) is 8.22 Å². The van der Waals surface area contributed by atoms with Crippen LogP contribution in [0.2, 0.25) is 0 Å². The molecule has 2 nitrogen and oxygen atoms in total. The Morgan fingerprint density at radius 3 is 3.33 bits per heavy atom. The highest BCUT2D eigenvalue weighted by Crippen LogP contribution is 2.27. The van der Waals surface area contributed by atoms with Crippen LogP contribution in [0.15, 0.2) is 4.60 Å². The zero-order valence-electron chi connectivity index (χ0n) is 10.1. The molecule has 0 unspecified atom stereocenters. The van der Waals surface area contributed by atoms with Crippen molar-refractivity contribution in [2.24, 2.45) is 0 Å². The van der Waals surface area contributed by atoms with E-state index in [1.807, 2.05) is 0 Å². The summed E-state index contributed by atoms with van der Waals surface area (Å²) < 4.78 is 46.5. The van der Waals surface area contributed by atoms with Gasteiger partial charge in [0.25, 0.3) is 5.19 Å². The quantitative estimate of drug-likeness (QED) is 0.715. The van der Waals surface area contributed by atoms with Gasteiger partial charge in [-0.1, -0.05) is 11.3 Å². The van der Waals surface area contributed by atoms with Gasteiger partial charge in [0, 0.05) is 8.99 Å². The van der Waals surface area contributed by atoms with Crippen molar-refractivity contribution in [1.82, 2.24) is 4.98 Å². The van der Waals surface area contributed by atoms with Gasteiger partial charge in [-0.25, -0.2) is 0 Å². The number of methoxy groups -OCH3 is 1. The second-order valence-corrected chi connectivity index (χ2v) is 2.91. The molecule has 1 aromatic rings. The first-order valence-electron chi connectivity index (χ1n) is 4.95. The lowest BCUT2D eigenvalue weighted by molar-refractivity contribution is 0.411. The van der Waals surface area contributed by atoms with Gasteiger partial charge in [-0.3, -0.25) is 0 Å². The van der Waals surface area contributed by atoms with Crippen molar-refractivity contribution in [3.05, 3.63) is 9.48 Å². The second-order valence-electron chi connectivity index (χ2n) is 1.20. The number of hydrogen-bond donors (Lipinski definition) is 0. The summed E-state index contributed by atoms with van der Waals surface area (Å²) in [7, 11) is -2.62. The minimum atomic E-state index is -2.62. The van der Waals surface area contributed by atoms with E-state index in [1.165, 1.54) is 0 Å². The molecule has 0 bridgehead atoms. The first-order chi connectivity index (χ1) is 6.59. The number of rotatable bonds is 1. The van der Waals surface area contributed by atoms with Gasteiger partial charge in [-0.15, -0.1) is 0 Å². The number of nitrogens with zero attached hydrogens (tertiary/aromatic N) is 1. The van der Waals surface area contributed by atoms with Gasteiger partial charge in [0.15, 0.2) is 0 Å². The van der Waals surface area contributed by atoms with Gasteiger partial charge >= 0.3 is 0 Å². The van der Waals surface area contributed by atoms with E-state index < -0.39 is 13.9 Å². The van der Waals surface area contributed by atoms with Gasteiger partial charge in [0.1, 0.15) is 4.60 Å². The molecule has 0 radical (unpaired) electrons. The molecule has 0 aliphatic heterocycles. The van der Waals surface area contributed by atoms with Crippen LogP contribution in [0.5, 0.6) is 5.19 Å². The monoisotopic (exact) mass is 213 g/mol. The van der Waals surface area contributed by atoms with Gasteiger partial charge in [0.2, 0.25) is 0 Å². The first kappa shape index (κ1) is 2.51. The number of aromatic nitrogens is 1. The Balaban J connectivity index is 2.97. The van der Waals surface area contributed by atoms with Gasteiger partial charge in [-0.2, -0.15) is 4.98 Å². The zero-order chi connectivity index (χ0) is 11.9. The van der Waals surface area contributed by atoms with Crippen LogP contribution >= 0.6 is 27.3 Å². The molecule has 1 aromatic heterocycles. The van der Waals surface area contributed by atoms with Crippen LogP contribution in [0.25, 0.3) is 0 Å². The Hall–Kier alpha value is -0.0900. The highest BCUT2D eigenvalue weighted by molar-refractivity contribution is 9.10. The van der Waals surface area contributed by atoms with E-state index in [0.717, 1.165) is 0 Å². The minimum absolute atomic E-state index is 0.0262. The molecule has 0 aliphatic rings. The second kappa shape index (κ2) is 2.66. The summed E-state index contributed by atoms with van der Waals surface area (Å²) in [6.07, 6.45) is 0. The van der Waals surface area contributed by atoms with Crippen LogP contribution in [0.1, 0.15) is 13.1 Å². The third kappa shape index (κ3) is 1.43. The van der Waals surface area contributed by atoms with E-state index in [9.17, 15) is 0 Å². The fourth-order valence-corrected chi connectivity index (χ4v) is 1.33. The molecule has 1 rings (SSSR count). The lowest BCUT2D eigenvalue weighted by Gasteiger charge is -1.85. The lowest BCUT2D eigenvalue weighted by atomic mass is 10.7. The van der Waals surface area contributed by atoms with E-state index in [-0.39, 0.29) is 14.7 Å². The maximum atomic E-state index is 7.14. The van der Waals surface area contributed by atoms with Crippen molar-refractivity contribution in [2.75, 3.05) is 7.04 Å². The van der Waals surface area contributed by atoms with E-state index in [1.54, 1.807) is 0 Å². The van der Waals surface area contributed by atoms with Crippen molar-refractivity contribution in [3.8, 4) is 5.19 Å². The Morgan fingerprint density at radius 1 is 1.89 bits per heavy atom. The summed E-state index contributed by atoms with van der Waals surface area (Å²) in [4.78, 5) is 3.63. The zero-order valence-corrected chi connectivity index (χ0v) is 6.54. The van der Waals surface area contributed by atoms with E-state index >= 15 is 0 Å². The Labute approximate surface area is 74.4 Å². The highest BCUT2D eigenvalue weighted by Gasteiger charge is 2.02. The molecule has 0 N–H and O–H groups in total. The number of aryl methyl sites for hydroxylation is 1. The Morgan fingerprint density at radius 2 is 2.78 bits per heavy atom. The molecule has 50 valence electrons. The summed E-state index contributed by atoms with van der Waals surface area (Å²) in [5, 5.41) is -0.187. The predicted molar refractivity (Wildman–Crippen MR) is 41.1 cm³/mol. The molecule has 0 amide bonds. The van der Waals surface area contributed by atoms with Crippen LogP contribution in [-0.4, -0.2) is 12.0 Å². The molecule has 0 saturated carbocycles. The first-order valence-corrected chi connectivity index (χ1v) is 3.56. The lowest BCUT2D eigenvalue weighted by Crippen LogP contribution is -1.77. The predicted octanol–water partition coefficient (Wildman–Crippen LogP) is 2.22. The highest BCUT2D eigenvalue weighted by atomic mass is 79.9. The number of halogens is 1. The van der Waals surface area contributed by atoms with Crippen LogP contribution in [0.3, 0.4) is 0 Å². The maximum absolute atomic E-state index is 7.14. The summed E-state index contributed by atoms with van der Waals surface area (Å²) in [6, 6.07) is 0. The van der Waals surface area contributed by atoms with Crippen LogP contribution in [0, 0.1) is 6.85 Å². The fourth-order valence-electron chi connectivity index (χ4n) is 0.327. The van der Waals surface area contributed by atoms with E-state index in [2.05, 4.69) is 25.7 Å². The van der Waals surface area contributed by atoms with Gasteiger partial charge in [-0.05, 0) is 22.8 Å². The minimum Gasteiger partial charge on any atom is -0.473 e. The van der Waals surface area contributed by atoms with E-state index in [0.29, 0.717) is 11.3 Å². The topological polar surface area (TPSA) is 22.1 Å². The SMILES string of the molecule is [2H]C([2H])([2H])Oc1nc(Br)c(C([2H])([2H])[2H])s1. The Kier molecular flexibility index (Phi) is 0.742. The summed E-state index contributed by atoms with van der Waals surface area (Å²) in [6.45, 7) is -2.33. The fraction of sp³-hybridized carbons (Fsp3) is 0.400. The van der Waals surface area contributed by atoms with Crippen molar-refractivity contribution in [2.45, 2.75) is 6.85 Å². The largest absolute Gasteiger partial charge is 0.473 e. The molecule has 0 spiro atoms. The third-order valence-electron chi connectivity index (χ3n) is 0.653. The van der Waals surface area contributed by atoms with Crippen LogP contribution in [-0.2, 0) is 0 Å². The molecule has 0 fully saturated rings. The van der Waals surface area contributed by atoms with Crippen molar-refractivity contribution >= 4 is 27.3 Å². The normalized spacial score (nSPS) is 22.3. The molecular weight excluding hydrogens is 202 g/mol. The molecule has 0 atom stereocenters. The maximum Gasteiger partial charge on any atom is 0.274 e. The molecule has 0 aromatic carbocycles. The summed E-state index contributed by atoms with van der Waals surface area (Å²) in [5.41, 5.74) is 0. The number of hydrogen-bond acceptors (Lipinski definition) is 3. The van der Waals surface area contributed by atoms with Crippen molar-refractivity contribution in [3.63, 3.8) is 0 Å². The van der Waals surface area contributed by atoms with Crippen LogP contribution < -0.4 is 4.74 Å². The molecule has 1 heterocycles. The third-order valence-corrected chi connectivity index (χ3v) is 2.24. The standard InChI is InChI=1S/C5H6BrNOS/c1-3-4(6)7-5(8-2)9-3/h1-2H3/i1D3,2D3. The average molecular weight is 214 g/mol. The number of thiazole rings is 1.